The van der Waals surface area contributed by atoms with Crippen molar-refractivity contribution in [2.24, 2.45) is 0 Å². The van der Waals surface area contributed by atoms with E-state index in [0.29, 0.717) is 24.3 Å². The number of hydrogen-bond acceptors (Lipinski definition) is 5. The summed E-state index contributed by atoms with van der Waals surface area (Å²) in [4.78, 5) is 38.9. The molecule has 0 radical (unpaired) electrons. The van der Waals surface area contributed by atoms with Gasteiger partial charge in [-0.25, -0.2) is 9.18 Å². The Morgan fingerprint density at radius 2 is 1.81 bits per heavy atom. The number of benzene rings is 2. The molecule has 36 heavy (non-hydrogen) atoms. The summed E-state index contributed by atoms with van der Waals surface area (Å²) in [5, 5.41) is 5.59. The van der Waals surface area contributed by atoms with Crippen molar-refractivity contribution in [3.05, 3.63) is 64.5 Å². The lowest BCUT2D eigenvalue weighted by molar-refractivity contribution is -0.125. The summed E-state index contributed by atoms with van der Waals surface area (Å²) in [6.45, 7) is 6.72. The molecule has 2 aliphatic rings. The maximum absolute atomic E-state index is 14.4. The van der Waals surface area contributed by atoms with Crippen LogP contribution in [0.4, 0.5) is 9.18 Å². The summed E-state index contributed by atoms with van der Waals surface area (Å²) in [6.07, 6.45) is 1.80. The summed E-state index contributed by atoms with van der Waals surface area (Å²) >= 11 is 0. The summed E-state index contributed by atoms with van der Waals surface area (Å²) in [6, 6.07) is 9.26. The second kappa shape index (κ2) is 10.6. The van der Waals surface area contributed by atoms with Gasteiger partial charge in [0.15, 0.2) is 0 Å². The van der Waals surface area contributed by atoms with Gasteiger partial charge in [-0.15, -0.1) is 0 Å². The van der Waals surface area contributed by atoms with Gasteiger partial charge in [0.1, 0.15) is 30.8 Å². The summed E-state index contributed by atoms with van der Waals surface area (Å²) in [5.41, 5.74) is 2.10. The zero-order valence-electron chi connectivity index (χ0n) is 20.9. The Bertz CT molecular complexity index is 1140. The average molecular weight is 498 g/mol. The van der Waals surface area contributed by atoms with E-state index in [9.17, 15) is 18.8 Å². The number of halogens is 1. The van der Waals surface area contributed by atoms with Gasteiger partial charge in [0.25, 0.3) is 5.91 Å². The van der Waals surface area contributed by atoms with Crippen LogP contribution in [0.3, 0.4) is 0 Å². The fraction of sp³-hybridized carbons (Fsp3) is 0.444. The fourth-order valence-corrected chi connectivity index (χ4v) is 4.35. The summed E-state index contributed by atoms with van der Waals surface area (Å²) < 4.78 is 25.5. The van der Waals surface area contributed by atoms with Crippen molar-refractivity contribution >= 4 is 17.9 Å². The molecule has 0 spiro atoms. The number of nitrogens with one attached hydrogen (secondary N) is 2. The molecule has 2 heterocycles. The Labute approximate surface area is 210 Å². The normalized spacial score (nSPS) is 17.8. The van der Waals surface area contributed by atoms with Crippen LogP contribution in [0.15, 0.2) is 36.4 Å². The van der Waals surface area contributed by atoms with Crippen molar-refractivity contribution in [3.63, 3.8) is 0 Å². The Hall–Kier alpha value is -3.62. The van der Waals surface area contributed by atoms with Gasteiger partial charge in [-0.2, -0.15) is 0 Å². The zero-order valence-corrected chi connectivity index (χ0v) is 20.9. The Morgan fingerprint density at radius 1 is 1.11 bits per heavy atom. The third kappa shape index (κ3) is 6.13. The Balaban J connectivity index is 1.40. The molecule has 0 aliphatic carbocycles. The van der Waals surface area contributed by atoms with E-state index in [-0.39, 0.29) is 42.7 Å². The van der Waals surface area contributed by atoms with Crippen LogP contribution in [0, 0.1) is 5.82 Å². The van der Waals surface area contributed by atoms with Gasteiger partial charge in [0, 0.05) is 23.7 Å². The third-order valence-corrected chi connectivity index (χ3v) is 6.14. The van der Waals surface area contributed by atoms with Crippen molar-refractivity contribution in [2.75, 3.05) is 6.54 Å². The zero-order chi connectivity index (χ0) is 25.9. The van der Waals surface area contributed by atoms with Gasteiger partial charge in [0.2, 0.25) is 5.91 Å². The molecule has 2 aromatic carbocycles. The molecule has 0 saturated carbocycles. The molecule has 1 fully saturated rings. The standard InChI is InChI=1S/C27H32FN3O5/c1-27(2,3)30-26(34)36-16-18-9-7-17(8-10-18)15-35-23-13-19(28)12-20-21(23)14-31(25(20)33)22-6-4-5-11-29-24(22)32/h7-10,12-13,22H,4-6,11,14-16H2,1-3H3,(H,29,32)(H,30,34)/t22-/m0/s1. The first-order chi connectivity index (χ1) is 17.1. The van der Waals surface area contributed by atoms with E-state index in [1.807, 2.05) is 45.0 Å². The molecule has 192 valence electrons. The summed E-state index contributed by atoms with van der Waals surface area (Å²) in [7, 11) is 0. The van der Waals surface area contributed by atoms with Crippen LogP contribution in [0.1, 0.15) is 67.1 Å². The average Bonchev–Trinajstić information content (AvgIpc) is 2.98. The highest BCUT2D eigenvalue weighted by Gasteiger charge is 2.38. The lowest BCUT2D eigenvalue weighted by Crippen LogP contribution is -2.45. The highest BCUT2D eigenvalue weighted by molar-refractivity contribution is 6.01. The minimum Gasteiger partial charge on any atom is -0.488 e. The second-order valence-electron chi connectivity index (χ2n) is 10.2. The SMILES string of the molecule is CC(C)(C)NC(=O)OCc1ccc(COc2cc(F)cc3c2CN([C@H]2CCCCNC2=O)C3=O)cc1. The first-order valence-corrected chi connectivity index (χ1v) is 12.2. The van der Waals surface area contributed by atoms with Crippen molar-refractivity contribution in [1.29, 1.82) is 0 Å². The molecular formula is C27H32FN3O5. The third-order valence-electron chi connectivity index (χ3n) is 6.14. The van der Waals surface area contributed by atoms with E-state index < -0.39 is 18.0 Å². The smallest absolute Gasteiger partial charge is 0.407 e. The predicted octanol–water partition coefficient (Wildman–Crippen LogP) is 4.05. The van der Waals surface area contributed by atoms with Crippen LogP contribution < -0.4 is 15.4 Å². The Morgan fingerprint density at radius 3 is 2.50 bits per heavy atom. The highest BCUT2D eigenvalue weighted by Crippen LogP contribution is 2.35. The molecule has 2 N–H and O–H groups in total. The molecule has 4 rings (SSSR count). The number of nitrogens with zero attached hydrogens (tertiary/aromatic N) is 1. The number of ether oxygens (including phenoxy) is 2. The molecule has 3 amide bonds. The monoisotopic (exact) mass is 497 g/mol. The molecule has 9 heteroatoms. The minimum absolute atomic E-state index is 0.132. The van der Waals surface area contributed by atoms with Gasteiger partial charge >= 0.3 is 6.09 Å². The van der Waals surface area contributed by atoms with Gasteiger partial charge < -0.3 is 25.0 Å². The van der Waals surface area contributed by atoms with Gasteiger partial charge in [-0.1, -0.05) is 24.3 Å². The molecule has 2 aliphatic heterocycles. The minimum atomic E-state index is -0.566. The number of carbonyl (C=O) groups excluding carboxylic acids is 3. The number of carbonyl (C=O) groups is 3. The largest absolute Gasteiger partial charge is 0.488 e. The molecule has 8 nitrogen and oxygen atoms in total. The van der Waals surface area contributed by atoms with Gasteiger partial charge in [-0.3, -0.25) is 9.59 Å². The highest BCUT2D eigenvalue weighted by atomic mass is 19.1. The maximum Gasteiger partial charge on any atom is 0.407 e. The maximum atomic E-state index is 14.4. The van der Waals surface area contributed by atoms with Crippen molar-refractivity contribution in [1.82, 2.24) is 15.5 Å². The molecule has 1 saturated heterocycles. The van der Waals surface area contributed by atoms with Crippen molar-refractivity contribution < 1.29 is 28.2 Å². The first kappa shape index (κ1) is 25.5. The number of alkyl carbamates (subject to hydrolysis) is 1. The fourth-order valence-electron chi connectivity index (χ4n) is 4.35. The van der Waals surface area contributed by atoms with E-state index >= 15 is 0 Å². The lowest BCUT2D eigenvalue weighted by Gasteiger charge is -2.25. The van der Waals surface area contributed by atoms with Crippen LogP contribution in [0.2, 0.25) is 0 Å². The Kier molecular flexibility index (Phi) is 7.47. The second-order valence-corrected chi connectivity index (χ2v) is 10.2. The van der Waals surface area contributed by atoms with Crippen LogP contribution >= 0.6 is 0 Å². The quantitative estimate of drug-likeness (QED) is 0.628. The van der Waals surface area contributed by atoms with E-state index in [1.54, 1.807) is 0 Å². The number of rotatable bonds is 6. The number of hydrogen-bond donors (Lipinski definition) is 2. The van der Waals surface area contributed by atoms with E-state index in [1.165, 1.54) is 17.0 Å². The van der Waals surface area contributed by atoms with E-state index in [0.717, 1.165) is 24.0 Å². The molecule has 0 unspecified atom stereocenters. The molecule has 1 atom stereocenters. The predicted molar refractivity (Wildman–Crippen MR) is 131 cm³/mol. The van der Waals surface area contributed by atoms with Crippen LogP contribution in [-0.4, -0.2) is 40.9 Å². The molecule has 0 aromatic heterocycles. The van der Waals surface area contributed by atoms with Crippen molar-refractivity contribution in [3.8, 4) is 5.75 Å². The van der Waals surface area contributed by atoms with Crippen LogP contribution in [0.5, 0.6) is 5.75 Å². The summed E-state index contributed by atoms with van der Waals surface area (Å²) in [5.74, 6) is -0.792. The number of fused-ring (bicyclic) bond motifs is 1. The topological polar surface area (TPSA) is 97.0 Å². The van der Waals surface area contributed by atoms with Gasteiger partial charge in [-0.05, 0) is 57.2 Å². The molecular weight excluding hydrogens is 465 g/mol. The van der Waals surface area contributed by atoms with E-state index in [4.69, 9.17) is 9.47 Å². The molecule has 0 bridgehead atoms. The first-order valence-electron chi connectivity index (χ1n) is 12.2. The van der Waals surface area contributed by atoms with Gasteiger partial charge in [0.05, 0.1) is 12.1 Å². The van der Waals surface area contributed by atoms with E-state index in [2.05, 4.69) is 10.6 Å². The number of amides is 3. The van der Waals surface area contributed by atoms with Crippen LogP contribution in [-0.2, 0) is 29.3 Å². The molecule has 2 aromatic rings. The van der Waals surface area contributed by atoms with Crippen molar-refractivity contribution in [2.45, 2.75) is 71.4 Å². The van der Waals surface area contributed by atoms with Crippen LogP contribution in [0.25, 0.3) is 0 Å². The lowest BCUT2D eigenvalue weighted by atomic mass is 10.1.